The Morgan fingerprint density at radius 1 is 1.02 bits per heavy atom. The number of H-pyrrole nitrogens is 1. The number of hydrogen-bond donors (Lipinski definition) is 3. The normalized spacial score (nSPS) is 12.5. The lowest BCUT2D eigenvalue weighted by Crippen LogP contribution is -2.16. The lowest BCUT2D eigenvalue weighted by Gasteiger charge is -2.11. The number of allylic oxidation sites excluding steroid dienone is 7. The van der Waals surface area contributed by atoms with E-state index in [0.29, 0.717) is 24.4 Å². The topological polar surface area (TPSA) is 79.6 Å². The van der Waals surface area contributed by atoms with Gasteiger partial charge in [-0.15, -0.1) is 12.8 Å². The molecule has 0 bridgehead atoms. The molecule has 218 valence electrons. The Kier molecular flexibility index (Phi) is 12.2. The van der Waals surface area contributed by atoms with Crippen LogP contribution in [0.3, 0.4) is 0 Å². The highest BCUT2D eigenvalue weighted by Crippen LogP contribution is 2.27. The lowest BCUT2D eigenvalue weighted by atomic mass is 9.98. The van der Waals surface area contributed by atoms with Crippen molar-refractivity contribution in [3.05, 3.63) is 156 Å². The van der Waals surface area contributed by atoms with Crippen molar-refractivity contribution < 1.29 is 4.39 Å². The largest absolute Gasteiger partial charge is 0.399 e. The minimum atomic E-state index is -0.292. The molecule has 0 radical (unpaired) electrons. The molecule has 0 aliphatic rings. The summed E-state index contributed by atoms with van der Waals surface area (Å²) >= 11 is 0. The maximum absolute atomic E-state index is 13.5. The fourth-order valence-electron chi connectivity index (χ4n) is 4.48. The van der Waals surface area contributed by atoms with E-state index in [1.165, 1.54) is 17.7 Å². The quantitative estimate of drug-likeness (QED) is 0.120. The van der Waals surface area contributed by atoms with Crippen LogP contribution in [0, 0.1) is 18.7 Å². The van der Waals surface area contributed by atoms with Crippen LogP contribution in [0.5, 0.6) is 0 Å². The standard InChI is InChI=1S/C35H36FN5.C2H2/c1-5-25(22-38-23-26-11-9-8-10-12-26)20-27(6-2)24(4)19-29(31(37)7-3)21-33-40-32-17-18-39-34(35(32)41-33)28-13-15-30(36)16-14-28;1-2/h5-20,38H,1,4,21-23,37H2,2-3H3,(H,40,41);1-2H/b25-20+,27-6+,29-19-,31-7+;. The van der Waals surface area contributed by atoms with Gasteiger partial charge in [0, 0.05) is 37.0 Å². The van der Waals surface area contributed by atoms with E-state index in [1.54, 1.807) is 18.3 Å². The lowest BCUT2D eigenvalue weighted by molar-refractivity contribution is 0.628. The molecule has 0 spiro atoms. The molecule has 2 aromatic carbocycles. The number of pyridine rings is 1. The summed E-state index contributed by atoms with van der Waals surface area (Å²) in [6.45, 7) is 13.7. The SMILES string of the molecule is C#C.C=C/C(=C\C(=C/C)C(=C)/C=C(Cc1nc2c(-c3ccc(F)cc3)nccc2[nH]1)\C(N)=C/C)CNCc1ccccc1. The van der Waals surface area contributed by atoms with Gasteiger partial charge in [-0.1, -0.05) is 67.8 Å². The van der Waals surface area contributed by atoms with Crippen molar-refractivity contribution in [1.82, 2.24) is 20.3 Å². The van der Waals surface area contributed by atoms with Gasteiger partial charge >= 0.3 is 0 Å². The number of rotatable bonds is 12. The average Bonchev–Trinajstić information content (AvgIpc) is 3.46. The molecule has 4 rings (SSSR count). The summed E-state index contributed by atoms with van der Waals surface area (Å²) in [5.41, 5.74) is 15.1. The number of nitrogens with one attached hydrogen (secondary N) is 2. The molecule has 0 saturated heterocycles. The van der Waals surface area contributed by atoms with Crippen molar-refractivity contribution in [3.63, 3.8) is 0 Å². The van der Waals surface area contributed by atoms with Crippen molar-refractivity contribution >= 4 is 11.0 Å². The predicted molar refractivity (Wildman–Crippen MR) is 178 cm³/mol. The van der Waals surface area contributed by atoms with E-state index in [2.05, 4.69) is 59.5 Å². The zero-order valence-corrected chi connectivity index (χ0v) is 24.8. The second-order valence-corrected chi connectivity index (χ2v) is 9.62. The molecule has 4 aromatic rings. The summed E-state index contributed by atoms with van der Waals surface area (Å²) in [7, 11) is 0. The molecule has 6 heteroatoms. The Bertz CT molecular complexity index is 1680. The zero-order valence-electron chi connectivity index (χ0n) is 24.8. The van der Waals surface area contributed by atoms with Crippen molar-refractivity contribution in [2.45, 2.75) is 26.8 Å². The highest BCUT2D eigenvalue weighted by atomic mass is 19.1. The number of nitrogens with two attached hydrogens (primary N) is 1. The number of hydrogen-bond acceptors (Lipinski definition) is 4. The van der Waals surface area contributed by atoms with Crippen LogP contribution in [0.2, 0.25) is 0 Å². The van der Waals surface area contributed by atoms with Gasteiger partial charge in [0.15, 0.2) is 0 Å². The number of fused-ring (bicyclic) bond motifs is 1. The number of halogens is 1. The third kappa shape index (κ3) is 8.87. The Morgan fingerprint density at radius 3 is 2.40 bits per heavy atom. The highest BCUT2D eigenvalue weighted by Gasteiger charge is 2.13. The van der Waals surface area contributed by atoms with Crippen LogP contribution < -0.4 is 11.1 Å². The first-order valence-corrected chi connectivity index (χ1v) is 13.9. The van der Waals surface area contributed by atoms with Crippen LogP contribution in [0.15, 0.2) is 138 Å². The molecule has 5 nitrogen and oxygen atoms in total. The first-order chi connectivity index (χ1) is 20.9. The summed E-state index contributed by atoms with van der Waals surface area (Å²) in [5.74, 6) is 0.453. The number of terminal acetylenes is 1. The second kappa shape index (κ2) is 16.3. The van der Waals surface area contributed by atoms with Gasteiger partial charge < -0.3 is 16.0 Å². The Hall–Kier alpha value is -5.25. The van der Waals surface area contributed by atoms with E-state index in [-0.39, 0.29) is 5.82 Å². The Morgan fingerprint density at radius 2 is 1.74 bits per heavy atom. The summed E-state index contributed by atoms with van der Waals surface area (Å²) in [6.07, 6.45) is 20.1. The molecule has 0 amide bonds. The molecule has 0 aliphatic heterocycles. The van der Waals surface area contributed by atoms with E-state index in [4.69, 9.17) is 10.7 Å². The third-order valence-electron chi connectivity index (χ3n) is 6.74. The fraction of sp³-hybridized carbons (Fsp3) is 0.135. The molecule has 43 heavy (non-hydrogen) atoms. The second-order valence-electron chi connectivity index (χ2n) is 9.62. The maximum Gasteiger partial charge on any atom is 0.123 e. The minimum absolute atomic E-state index is 0.292. The number of benzene rings is 2. The van der Waals surface area contributed by atoms with Gasteiger partial charge in [0.25, 0.3) is 0 Å². The summed E-state index contributed by atoms with van der Waals surface area (Å²) < 4.78 is 13.5. The summed E-state index contributed by atoms with van der Waals surface area (Å²) in [5, 5.41) is 3.48. The van der Waals surface area contributed by atoms with Crippen LogP contribution in [-0.4, -0.2) is 21.5 Å². The van der Waals surface area contributed by atoms with Gasteiger partial charge in [0.2, 0.25) is 0 Å². The molecule has 0 aliphatic carbocycles. The van der Waals surface area contributed by atoms with E-state index in [1.807, 2.05) is 62.4 Å². The van der Waals surface area contributed by atoms with Crippen LogP contribution in [-0.2, 0) is 13.0 Å². The molecule has 4 N–H and O–H groups in total. The zero-order chi connectivity index (χ0) is 31.2. The van der Waals surface area contributed by atoms with E-state index < -0.39 is 0 Å². The number of aromatic nitrogens is 3. The number of aromatic amines is 1. The molecule has 2 aromatic heterocycles. The third-order valence-corrected chi connectivity index (χ3v) is 6.74. The van der Waals surface area contributed by atoms with E-state index in [9.17, 15) is 4.39 Å². The Labute approximate surface area is 254 Å². The molecule has 0 fully saturated rings. The van der Waals surface area contributed by atoms with Crippen molar-refractivity contribution in [2.24, 2.45) is 5.73 Å². The number of imidazole rings is 1. The molecule has 0 atom stereocenters. The molecule has 2 heterocycles. The molecule has 0 unspecified atom stereocenters. The van der Waals surface area contributed by atoms with Crippen LogP contribution in [0.1, 0.15) is 25.2 Å². The van der Waals surface area contributed by atoms with E-state index in [0.717, 1.165) is 51.3 Å². The first-order valence-electron chi connectivity index (χ1n) is 13.9. The summed E-state index contributed by atoms with van der Waals surface area (Å²) in [6, 6.07) is 18.4. The van der Waals surface area contributed by atoms with Gasteiger partial charge in [0.05, 0.1) is 11.2 Å². The van der Waals surface area contributed by atoms with Gasteiger partial charge in [0.1, 0.15) is 17.2 Å². The van der Waals surface area contributed by atoms with Crippen molar-refractivity contribution in [2.75, 3.05) is 6.54 Å². The van der Waals surface area contributed by atoms with Gasteiger partial charge in [-0.2, -0.15) is 0 Å². The molecular weight excluding hydrogens is 533 g/mol. The number of nitrogens with zero attached hydrogens (tertiary/aromatic N) is 2. The smallest absolute Gasteiger partial charge is 0.123 e. The van der Waals surface area contributed by atoms with E-state index >= 15 is 0 Å². The van der Waals surface area contributed by atoms with Crippen LogP contribution >= 0.6 is 0 Å². The fourth-order valence-corrected chi connectivity index (χ4v) is 4.48. The van der Waals surface area contributed by atoms with Crippen LogP contribution in [0.4, 0.5) is 4.39 Å². The first kappa shape index (κ1) is 32.3. The van der Waals surface area contributed by atoms with Gasteiger partial charge in [-0.3, -0.25) is 4.98 Å². The van der Waals surface area contributed by atoms with Gasteiger partial charge in [-0.25, -0.2) is 9.37 Å². The van der Waals surface area contributed by atoms with Crippen molar-refractivity contribution in [3.8, 4) is 24.1 Å². The average molecular weight is 572 g/mol. The summed E-state index contributed by atoms with van der Waals surface area (Å²) in [4.78, 5) is 12.8. The van der Waals surface area contributed by atoms with Gasteiger partial charge in [-0.05, 0) is 78.1 Å². The minimum Gasteiger partial charge on any atom is -0.399 e. The molecule has 0 saturated carbocycles. The molecular formula is C37H38FN5. The predicted octanol–water partition coefficient (Wildman–Crippen LogP) is 7.75. The highest BCUT2D eigenvalue weighted by molar-refractivity contribution is 5.89. The maximum atomic E-state index is 13.5. The van der Waals surface area contributed by atoms with Crippen LogP contribution in [0.25, 0.3) is 22.3 Å². The Balaban J connectivity index is 0.00000248. The van der Waals surface area contributed by atoms with Crippen molar-refractivity contribution in [1.29, 1.82) is 0 Å². The monoisotopic (exact) mass is 571 g/mol.